The number of amides is 1. The number of nitrogen functional groups attached to an aromatic ring is 1. The van der Waals surface area contributed by atoms with Crippen molar-refractivity contribution in [3.05, 3.63) is 52.6 Å². The van der Waals surface area contributed by atoms with Crippen molar-refractivity contribution < 1.29 is 36.6 Å². The van der Waals surface area contributed by atoms with Crippen molar-refractivity contribution in [2.75, 3.05) is 25.9 Å². The second-order valence-electron chi connectivity index (χ2n) is 9.99. The number of pyridine rings is 1. The topological polar surface area (TPSA) is 111 Å². The Bertz CT molecular complexity index is 1410. The Morgan fingerprint density at radius 1 is 1.13 bits per heavy atom. The van der Waals surface area contributed by atoms with Crippen LogP contribution in [0.15, 0.2) is 24.4 Å². The number of ether oxygens (including phenoxy) is 2. The highest BCUT2D eigenvalue weighted by Gasteiger charge is 2.33. The summed E-state index contributed by atoms with van der Waals surface area (Å²) in [6.45, 7) is 0.647. The second kappa shape index (κ2) is 10.4. The molecule has 0 spiro atoms. The monoisotopic (exact) mass is 548 g/mol. The van der Waals surface area contributed by atoms with E-state index in [-0.39, 0.29) is 29.1 Å². The first kappa shape index (κ1) is 26.8. The first-order chi connectivity index (χ1) is 18.6. The van der Waals surface area contributed by atoms with E-state index in [1.165, 1.54) is 19.4 Å². The first-order valence-electron chi connectivity index (χ1n) is 12.8. The molecule has 1 unspecified atom stereocenters. The minimum Gasteiger partial charge on any atom is -0.469 e. The largest absolute Gasteiger partial charge is 0.573 e. The van der Waals surface area contributed by atoms with E-state index in [4.69, 9.17) is 10.5 Å². The van der Waals surface area contributed by atoms with Crippen molar-refractivity contribution in [3.8, 4) is 5.75 Å². The molecule has 0 radical (unpaired) electrons. The molecule has 2 aromatic heterocycles. The van der Waals surface area contributed by atoms with E-state index >= 15 is 4.39 Å². The number of H-pyrrole nitrogens is 1. The molecule has 39 heavy (non-hydrogen) atoms. The number of nitrogens with two attached hydrogens (primary N) is 1. The van der Waals surface area contributed by atoms with Gasteiger partial charge in [0.25, 0.3) is 5.91 Å². The third-order valence-corrected chi connectivity index (χ3v) is 7.70. The molecule has 1 aliphatic heterocycles. The van der Waals surface area contributed by atoms with Crippen LogP contribution in [0.1, 0.15) is 58.8 Å². The van der Waals surface area contributed by atoms with Gasteiger partial charge >= 0.3 is 12.3 Å². The van der Waals surface area contributed by atoms with Crippen LogP contribution in [0, 0.1) is 11.7 Å². The molecule has 3 N–H and O–H groups in total. The maximum Gasteiger partial charge on any atom is 0.573 e. The van der Waals surface area contributed by atoms with Gasteiger partial charge in [-0.3, -0.25) is 9.59 Å². The summed E-state index contributed by atoms with van der Waals surface area (Å²) in [5, 5.41) is 0.754. The average molecular weight is 549 g/mol. The van der Waals surface area contributed by atoms with Crippen molar-refractivity contribution in [1.29, 1.82) is 0 Å². The minimum absolute atomic E-state index is 0.0802. The van der Waals surface area contributed by atoms with E-state index in [1.54, 1.807) is 4.90 Å². The van der Waals surface area contributed by atoms with Gasteiger partial charge in [0, 0.05) is 41.5 Å². The molecule has 1 fully saturated rings. The molecule has 3 heterocycles. The van der Waals surface area contributed by atoms with Crippen molar-refractivity contribution in [2.24, 2.45) is 5.92 Å². The lowest BCUT2D eigenvalue weighted by atomic mass is 9.86. The van der Waals surface area contributed by atoms with Crippen LogP contribution in [-0.4, -0.2) is 53.3 Å². The SMILES string of the molecule is COC(=O)C1CCc2[nH]c3ncc(F)c(C4CCN(C(=O)c5ccc(OC(F)(F)F)cc5N)CC4)c3c2CC1. The molecule has 1 aromatic carbocycles. The number of piperidine rings is 1. The zero-order valence-electron chi connectivity index (χ0n) is 21.2. The fourth-order valence-corrected chi connectivity index (χ4v) is 5.82. The van der Waals surface area contributed by atoms with E-state index in [0.29, 0.717) is 62.8 Å². The zero-order chi connectivity index (χ0) is 27.9. The molecule has 0 bridgehead atoms. The van der Waals surface area contributed by atoms with E-state index in [9.17, 15) is 22.8 Å². The third-order valence-electron chi connectivity index (χ3n) is 7.70. The standard InChI is InChI=1S/C27H28F4N4O4/c1-38-26(37)15-2-5-18-21(7-3-15)34-24-23(18)22(19(28)13-33-24)14-8-10-35(11-9-14)25(36)17-6-4-16(12-20(17)32)39-27(29,30)31/h4,6,12-15H,2-3,5,7-11,32H2,1H3,(H,33,34). The summed E-state index contributed by atoms with van der Waals surface area (Å²) in [5.74, 6) is -1.95. The number of hydrogen-bond donors (Lipinski definition) is 2. The van der Waals surface area contributed by atoms with E-state index < -0.39 is 23.8 Å². The van der Waals surface area contributed by atoms with Gasteiger partial charge in [0.1, 0.15) is 17.2 Å². The molecule has 3 aromatic rings. The van der Waals surface area contributed by atoms with Crippen LogP contribution in [0.3, 0.4) is 0 Å². The number of aromatic nitrogens is 2. The summed E-state index contributed by atoms with van der Waals surface area (Å²) in [6, 6.07) is 3.24. The molecule has 208 valence electrons. The fraction of sp³-hybridized carbons (Fsp3) is 0.444. The quantitative estimate of drug-likeness (QED) is 0.208. The Balaban J connectivity index is 1.34. The maximum atomic E-state index is 15.3. The van der Waals surface area contributed by atoms with Crippen LogP contribution in [-0.2, 0) is 22.4 Å². The number of aromatic amines is 1. The van der Waals surface area contributed by atoms with Crippen LogP contribution < -0.4 is 10.5 Å². The Morgan fingerprint density at radius 2 is 1.85 bits per heavy atom. The number of benzene rings is 1. The number of nitrogens with one attached hydrogen (secondary N) is 1. The number of likely N-dealkylation sites (tertiary alicyclic amines) is 1. The number of esters is 1. The number of hydrogen-bond acceptors (Lipinski definition) is 6. The predicted octanol–water partition coefficient (Wildman–Crippen LogP) is 4.87. The molecule has 1 atom stereocenters. The molecule has 2 aliphatic rings. The number of carbonyl (C=O) groups excluding carboxylic acids is 2. The Morgan fingerprint density at radius 3 is 2.51 bits per heavy atom. The number of fused-ring (bicyclic) bond motifs is 3. The number of aryl methyl sites for hydroxylation is 2. The Hall–Kier alpha value is -3.83. The lowest BCUT2D eigenvalue weighted by Crippen LogP contribution is -2.38. The highest BCUT2D eigenvalue weighted by molar-refractivity contribution is 5.99. The number of methoxy groups -OCH3 is 1. The van der Waals surface area contributed by atoms with Gasteiger partial charge in [-0.15, -0.1) is 13.2 Å². The highest BCUT2D eigenvalue weighted by atomic mass is 19.4. The van der Waals surface area contributed by atoms with E-state index in [1.807, 2.05) is 0 Å². The summed E-state index contributed by atoms with van der Waals surface area (Å²) < 4.78 is 61.6. The van der Waals surface area contributed by atoms with Gasteiger partial charge < -0.3 is 25.1 Å². The first-order valence-corrected chi connectivity index (χ1v) is 12.8. The van der Waals surface area contributed by atoms with Crippen molar-refractivity contribution in [1.82, 2.24) is 14.9 Å². The zero-order valence-corrected chi connectivity index (χ0v) is 21.2. The summed E-state index contributed by atoms with van der Waals surface area (Å²) in [6.07, 6.45) is -0.210. The van der Waals surface area contributed by atoms with Gasteiger partial charge in [0.2, 0.25) is 0 Å². The van der Waals surface area contributed by atoms with Gasteiger partial charge in [0.05, 0.1) is 24.8 Å². The summed E-state index contributed by atoms with van der Waals surface area (Å²) in [5.41, 5.74) is 8.94. The number of halogens is 4. The third kappa shape index (κ3) is 5.37. The molecular formula is C27H28F4N4O4. The molecule has 1 amide bonds. The molecule has 12 heteroatoms. The van der Waals surface area contributed by atoms with Crippen LogP contribution in [0.4, 0.5) is 23.2 Å². The predicted molar refractivity (Wildman–Crippen MR) is 134 cm³/mol. The van der Waals surface area contributed by atoms with Crippen LogP contribution in [0.5, 0.6) is 5.75 Å². The lowest BCUT2D eigenvalue weighted by molar-refractivity contribution is -0.274. The van der Waals surface area contributed by atoms with Gasteiger partial charge in [-0.2, -0.15) is 0 Å². The van der Waals surface area contributed by atoms with Crippen molar-refractivity contribution >= 4 is 28.6 Å². The number of alkyl halides is 3. The molecule has 0 saturated carbocycles. The van der Waals surface area contributed by atoms with Crippen LogP contribution in [0.25, 0.3) is 11.0 Å². The highest BCUT2D eigenvalue weighted by Crippen LogP contribution is 2.39. The summed E-state index contributed by atoms with van der Waals surface area (Å²) in [7, 11) is 1.38. The van der Waals surface area contributed by atoms with Gasteiger partial charge in [0.15, 0.2) is 0 Å². The smallest absolute Gasteiger partial charge is 0.469 e. The fourth-order valence-electron chi connectivity index (χ4n) is 5.82. The Kier molecular flexibility index (Phi) is 7.13. The second-order valence-corrected chi connectivity index (χ2v) is 9.99. The van der Waals surface area contributed by atoms with E-state index in [0.717, 1.165) is 28.8 Å². The van der Waals surface area contributed by atoms with Gasteiger partial charge in [-0.05, 0) is 62.1 Å². The minimum atomic E-state index is -4.87. The number of carbonyl (C=O) groups is 2. The summed E-state index contributed by atoms with van der Waals surface area (Å²) >= 11 is 0. The molecule has 1 saturated heterocycles. The van der Waals surface area contributed by atoms with Crippen molar-refractivity contribution in [2.45, 2.75) is 50.8 Å². The van der Waals surface area contributed by atoms with Crippen LogP contribution >= 0.6 is 0 Å². The average Bonchev–Trinajstić information content (AvgIpc) is 3.11. The molecular weight excluding hydrogens is 520 g/mol. The van der Waals surface area contributed by atoms with Gasteiger partial charge in [-0.1, -0.05) is 0 Å². The van der Waals surface area contributed by atoms with Crippen LogP contribution in [0.2, 0.25) is 0 Å². The normalized spacial score (nSPS) is 18.5. The number of anilines is 1. The molecule has 8 nitrogen and oxygen atoms in total. The van der Waals surface area contributed by atoms with Crippen molar-refractivity contribution in [3.63, 3.8) is 0 Å². The van der Waals surface area contributed by atoms with Gasteiger partial charge in [-0.25, -0.2) is 9.37 Å². The molecule has 1 aliphatic carbocycles. The Labute approximate surface area is 221 Å². The summed E-state index contributed by atoms with van der Waals surface area (Å²) in [4.78, 5) is 34.4. The maximum absolute atomic E-state index is 15.3. The lowest BCUT2D eigenvalue weighted by Gasteiger charge is -2.33. The number of rotatable bonds is 4. The number of nitrogens with zero attached hydrogens (tertiary/aromatic N) is 2. The molecule has 5 rings (SSSR count). The van der Waals surface area contributed by atoms with E-state index in [2.05, 4.69) is 14.7 Å².